The summed E-state index contributed by atoms with van der Waals surface area (Å²) in [6.07, 6.45) is 2.08. The SMILES string of the molecule is O=C(CN1CCCC(N2CCNC2=O)C1)N1CCOCC1. The molecule has 118 valence electrons. The van der Waals surface area contributed by atoms with Gasteiger partial charge in [0.25, 0.3) is 0 Å². The molecule has 3 fully saturated rings. The van der Waals surface area contributed by atoms with Crippen LogP contribution in [0.1, 0.15) is 12.8 Å². The maximum Gasteiger partial charge on any atom is 0.317 e. The Labute approximate surface area is 125 Å². The number of urea groups is 1. The molecule has 3 amide bonds. The van der Waals surface area contributed by atoms with Crippen LogP contribution in [-0.2, 0) is 9.53 Å². The van der Waals surface area contributed by atoms with Crippen LogP contribution >= 0.6 is 0 Å². The number of hydrogen-bond donors (Lipinski definition) is 1. The first kappa shape index (κ1) is 14.6. The van der Waals surface area contributed by atoms with E-state index in [1.807, 2.05) is 9.80 Å². The highest BCUT2D eigenvalue weighted by atomic mass is 16.5. The summed E-state index contributed by atoms with van der Waals surface area (Å²) >= 11 is 0. The van der Waals surface area contributed by atoms with Crippen molar-refractivity contribution >= 4 is 11.9 Å². The number of morpholine rings is 1. The summed E-state index contributed by atoms with van der Waals surface area (Å²) in [5.74, 6) is 0.185. The zero-order valence-corrected chi connectivity index (χ0v) is 12.4. The summed E-state index contributed by atoms with van der Waals surface area (Å²) in [6.45, 7) is 6.42. The zero-order valence-electron chi connectivity index (χ0n) is 12.4. The lowest BCUT2D eigenvalue weighted by Crippen LogP contribution is -2.52. The topological polar surface area (TPSA) is 65.1 Å². The normalized spacial score (nSPS) is 27.8. The Morgan fingerprint density at radius 2 is 2.05 bits per heavy atom. The second kappa shape index (κ2) is 6.62. The van der Waals surface area contributed by atoms with Crippen molar-refractivity contribution in [2.75, 3.05) is 59.0 Å². The fourth-order valence-electron chi connectivity index (χ4n) is 3.37. The van der Waals surface area contributed by atoms with Crippen LogP contribution in [0.15, 0.2) is 0 Å². The number of ether oxygens (including phenoxy) is 1. The van der Waals surface area contributed by atoms with Crippen molar-refractivity contribution in [3.05, 3.63) is 0 Å². The van der Waals surface area contributed by atoms with E-state index >= 15 is 0 Å². The van der Waals surface area contributed by atoms with Crippen molar-refractivity contribution in [1.82, 2.24) is 20.0 Å². The minimum Gasteiger partial charge on any atom is -0.378 e. The second-order valence-corrected chi connectivity index (χ2v) is 5.95. The molecule has 1 N–H and O–H groups in total. The lowest BCUT2D eigenvalue weighted by atomic mass is 10.0. The van der Waals surface area contributed by atoms with Crippen LogP contribution in [0, 0.1) is 0 Å². The second-order valence-electron chi connectivity index (χ2n) is 5.95. The van der Waals surface area contributed by atoms with Crippen LogP contribution in [0.3, 0.4) is 0 Å². The van der Waals surface area contributed by atoms with E-state index in [0.29, 0.717) is 32.8 Å². The van der Waals surface area contributed by atoms with Gasteiger partial charge in [-0.3, -0.25) is 9.69 Å². The molecule has 0 aromatic rings. The third-order valence-electron chi connectivity index (χ3n) is 4.53. The summed E-state index contributed by atoms with van der Waals surface area (Å²) in [5.41, 5.74) is 0. The Morgan fingerprint density at radius 1 is 1.24 bits per heavy atom. The molecule has 21 heavy (non-hydrogen) atoms. The summed E-state index contributed by atoms with van der Waals surface area (Å²) < 4.78 is 5.28. The number of nitrogens with one attached hydrogen (secondary N) is 1. The van der Waals surface area contributed by atoms with Crippen LogP contribution in [-0.4, -0.2) is 91.7 Å². The van der Waals surface area contributed by atoms with E-state index in [2.05, 4.69) is 10.2 Å². The standard InChI is InChI=1S/C14H24N4O3/c19-13(17-6-8-21-9-7-17)11-16-4-1-2-12(10-16)18-5-3-15-14(18)20/h12H,1-11H2,(H,15,20). The van der Waals surface area contributed by atoms with E-state index in [1.54, 1.807) is 0 Å². The molecule has 7 heteroatoms. The molecule has 3 aliphatic rings. The van der Waals surface area contributed by atoms with Gasteiger partial charge in [-0.2, -0.15) is 0 Å². The lowest BCUT2D eigenvalue weighted by Gasteiger charge is -2.37. The molecule has 0 spiro atoms. The molecule has 7 nitrogen and oxygen atoms in total. The first-order valence-electron chi connectivity index (χ1n) is 7.86. The fourth-order valence-corrected chi connectivity index (χ4v) is 3.37. The van der Waals surface area contributed by atoms with Gasteiger partial charge < -0.3 is 19.9 Å². The van der Waals surface area contributed by atoms with Gasteiger partial charge in [0.1, 0.15) is 0 Å². The molecule has 0 aliphatic carbocycles. The quantitative estimate of drug-likeness (QED) is 0.750. The number of piperidine rings is 1. The van der Waals surface area contributed by atoms with Gasteiger partial charge in [0.15, 0.2) is 0 Å². The van der Waals surface area contributed by atoms with Gasteiger partial charge in [-0.1, -0.05) is 0 Å². The van der Waals surface area contributed by atoms with E-state index in [1.165, 1.54) is 0 Å². The van der Waals surface area contributed by atoms with Gasteiger partial charge in [-0.15, -0.1) is 0 Å². The highest BCUT2D eigenvalue weighted by Crippen LogP contribution is 2.17. The summed E-state index contributed by atoms with van der Waals surface area (Å²) in [4.78, 5) is 30.1. The van der Waals surface area contributed by atoms with Crippen molar-refractivity contribution in [3.8, 4) is 0 Å². The smallest absolute Gasteiger partial charge is 0.317 e. The predicted molar refractivity (Wildman–Crippen MR) is 77.0 cm³/mol. The number of nitrogens with zero attached hydrogens (tertiary/aromatic N) is 3. The van der Waals surface area contributed by atoms with Gasteiger partial charge in [-0.25, -0.2) is 4.79 Å². The van der Waals surface area contributed by atoms with Crippen molar-refractivity contribution in [2.45, 2.75) is 18.9 Å². The zero-order chi connectivity index (χ0) is 14.7. The molecule has 0 radical (unpaired) electrons. The van der Waals surface area contributed by atoms with E-state index in [9.17, 15) is 9.59 Å². The number of rotatable bonds is 3. The largest absolute Gasteiger partial charge is 0.378 e. The van der Waals surface area contributed by atoms with Gasteiger partial charge in [-0.05, 0) is 19.4 Å². The highest BCUT2D eigenvalue weighted by molar-refractivity contribution is 5.78. The first-order valence-corrected chi connectivity index (χ1v) is 7.86. The predicted octanol–water partition coefficient (Wildman–Crippen LogP) is -0.665. The molecule has 3 rings (SSSR count). The maximum absolute atomic E-state index is 12.3. The Morgan fingerprint density at radius 3 is 2.76 bits per heavy atom. The fraction of sp³-hybridized carbons (Fsp3) is 0.857. The molecule has 0 aromatic heterocycles. The molecule has 3 aliphatic heterocycles. The molecule has 3 heterocycles. The molecule has 0 bridgehead atoms. The molecule has 0 aromatic carbocycles. The molecular formula is C14H24N4O3. The monoisotopic (exact) mass is 296 g/mol. The van der Waals surface area contributed by atoms with Crippen LogP contribution < -0.4 is 5.32 Å². The van der Waals surface area contributed by atoms with E-state index in [0.717, 1.165) is 39.0 Å². The first-order chi connectivity index (χ1) is 10.2. The molecule has 3 saturated heterocycles. The van der Waals surface area contributed by atoms with E-state index in [4.69, 9.17) is 4.74 Å². The van der Waals surface area contributed by atoms with Crippen molar-refractivity contribution < 1.29 is 14.3 Å². The minimum atomic E-state index is 0.0429. The number of amides is 3. The van der Waals surface area contributed by atoms with Gasteiger partial charge >= 0.3 is 6.03 Å². The van der Waals surface area contributed by atoms with Crippen molar-refractivity contribution in [3.63, 3.8) is 0 Å². The van der Waals surface area contributed by atoms with Crippen LogP contribution in [0.5, 0.6) is 0 Å². The van der Waals surface area contributed by atoms with Gasteiger partial charge in [0.05, 0.1) is 19.8 Å². The van der Waals surface area contributed by atoms with Crippen molar-refractivity contribution in [1.29, 1.82) is 0 Å². The average molecular weight is 296 g/mol. The Hall–Kier alpha value is -1.34. The minimum absolute atomic E-state index is 0.0429. The average Bonchev–Trinajstić information content (AvgIpc) is 2.94. The third-order valence-corrected chi connectivity index (χ3v) is 4.53. The van der Waals surface area contributed by atoms with Crippen LogP contribution in [0.4, 0.5) is 4.79 Å². The van der Waals surface area contributed by atoms with Crippen LogP contribution in [0.25, 0.3) is 0 Å². The molecule has 0 saturated carbocycles. The lowest BCUT2D eigenvalue weighted by molar-refractivity contribution is -0.136. The van der Waals surface area contributed by atoms with Gasteiger partial charge in [0, 0.05) is 38.8 Å². The molecule has 1 atom stereocenters. The highest BCUT2D eigenvalue weighted by Gasteiger charge is 2.32. The molecule has 1 unspecified atom stereocenters. The van der Waals surface area contributed by atoms with Gasteiger partial charge in [0.2, 0.25) is 5.91 Å². The molecular weight excluding hydrogens is 272 g/mol. The van der Waals surface area contributed by atoms with Crippen LogP contribution in [0.2, 0.25) is 0 Å². The third kappa shape index (κ3) is 3.47. The Bertz CT molecular complexity index is 398. The van der Waals surface area contributed by atoms with Crippen molar-refractivity contribution in [2.24, 2.45) is 0 Å². The number of carbonyl (C=O) groups is 2. The Balaban J connectivity index is 1.51. The van der Waals surface area contributed by atoms with E-state index < -0.39 is 0 Å². The van der Waals surface area contributed by atoms with E-state index in [-0.39, 0.29) is 18.0 Å². The summed E-state index contributed by atoms with van der Waals surface area (Å²) in [5, 5.41) is 2.85. The summed E-state index contributed by atoms with van der Waals surface area (Å²) in [7, 11) is 0. The number of hydrogen-bond acceptors (Lipinski definition) is 4. The maximum atomic E-state index is 12.3. The summed E-state index contributed by atoms with van der Waals surface area (Å²) in [6, 6.07) is 0.292. The number of carbonyl (C=O) groups excluding carboxylic acids is 2. The Kier molecular flexibility index (Phi) is 4.60. The number of likely N-dealkylation sites (tertiary alicyclic amines) is 1.